The highest BCUT2D eigenvalue weighted by Crippen LogP contribution is 2.23. The number of aromatic nitrogens is 1. The number of rotatable bonds is 2. The third kappa shape index (κ3) is 2.09. The highest BCUT2D eigenvalue weighted by molar-refractivity contribution is 9.10. The number of H-pyrrole nitrogens is 1. The van der Waals surface area contributed by atoms with E-state index in [4.69, 9.17) is 0 Å². The quantitative estimate of drug-likeness (QED) is 0.829. The predicted molar refractivity (Wildman–Crippen MR) is 68.7 cm³/mol. The Bertz CT molecular complexity index is 525. The van der Waals surface area contributed by atoms with Crippen molar-refractivity contribution in [2.75, 3.05) is 0 Å². The smallest absolute Gasteiger partial charge is 0.176 e. The Morgan fingerprint density at radius 2 is 1.88 bits per heavy atom. The molecule has 0 saturated carbocycles. The Balaban J connectivity index is 2.45. The van der Waals surface area contributed by atoms with Crippen LogP contribution >= 0.6 is 15.9 Å². The maximum absolute atomic E-state index is 11.3. The van der Waals surface area contributed by atoms with Crippen molar-refractivity contribution in [3.63, 3.8) is 0 Å². The summed E-state index contributed by atoms with van der Waals surface area (Å²) in [7, 11) is 0. The van der Waals surface area contributed by atoms with E-state index in [-0.39, 0.29) is 5.78 Å². The van der Waals surface area contributed by atoms with Crippen LogP contribution < -0.4 is 0 Å². The Kier molecular flexibility index (Phi) is 2.97. The molecule has 1 aromatic carbocycles. The van der Waals surface area contributed by atoms with Crippen LogP contribution in [0.15, 0.2) is 34.8 Å². The molecule has 1 heterocycles. The third-order valence-corrected chi connectivity index (χ3v) is 3.05. The molecule has 1 N–H and O–H groups in total. The van der Waals surface area contributed by atoms with E-state index in [1.165, 1.54) is 0 Å². The molecule has 0 fully saturated rings. The molecule has 0 radical (unpaired) electrons. The van der Waals surface area contributed by atoms with Crippen molar-refractivity contribution in [3.05, 3.63) is 46.1 Å². The molecular weight excluding hydrogens is 266 g/mol. The summed E-state index contributed by atoms with van der Waals surface area (Å²) in [5.74, 6) is 0.0702. The van der Waals surface area contributed by atoms with Crippen molar-refractivity contribution < 1.29 is 4.79 Å². The van der Waals surface area contributed by atoms with Crippen LogP contribution in [-0.2, 0) is 0 Å². The fraction of sp³-hybridized carbons (Fsp3) is 0.154. The lowest BCUT2D eigenvalue weighted by atomic mass is 10.1. The first-order chi connectivity index (χ1) is 7.58. The van der Waals surface area contributed by atoms with E-state index in [0.717, 1.165) is 21.3 Å². The van der Waals surface area contributed by atoms with Gasteiger partial charge in [-0.15, -0.1) is 0 Å². The third-order valence-electron chi connectivity index (χ3n) is 2.52. The highest BCUT2D eigenvalue weighted by atomic mass is 79.9. The fourth-order valence-corrected chi connectivity index (χ4v) is 1.97. The molecule has 0 saturated heterocycles. The van der Waals surface area contributed by atoms with Crippen molar-refractivity contribution in [1.29, 1.82) is 0 Å². The number of nitrogens with one attached hydrogen (secondary N) is 1. The Morgan fingerprint density at radius 3 is 2.38 bits per heavy atom. The summed E-state index contributed by atoms with van der Waals surface area (Å²) in [6.45, 7) is 3.51. The standard InChI is InChI=1S/C13H12BrNO/c1-8-7-12(15-13(8)9(2)16)10-3-5-11(14)6-4-10/h3-7,15H,1-2H3. The maximum atomic E-state index is 11.3. The van der Waals surface area contributed by atoms with Gasteiger partial charge in [0.15, 0.2) is 5.78 Å². The molecule has 0 bridgehead atoms. The van der Waals surface area contributed by atoms with Gasteiger partial charge in [-0.25, -0.2) is 0 Å². The molecule has 0 spiro atoms. The molecule has 3 heteroatoms. The number of ketones is 1. The summed E-state index contributed by atoms with van der Waals surface area (Å²) in [6, 6.07) is 10.00. The van der Waals surface area contributed by atoms with Gasteiger partial charge in [-0.05, 0) is 36.2 Å². The first-order valence-corrected chi connectivity index (χ1v) is 5.83. The van der Waals surface area contributed by atoms with Gasteiger partial charge < -0.3 is 4.98 Å². The van der Waals surface area contributed by atoms with Gasteiger partial charge in [0.05, 0.1) is 5.69 Å². The van der Waals surface area contributed by atoms with E-state index in [1.807, 2.05) is 37.3 Å². The van der Waals surface area contributed by atoms with E-state index in [9.17, 15) is 4.79 Å². The topological polar surface area (TPSA) is 32.9 Å². The van der Waals surface area contributed by atoms with Crippen molar-refractivity contribution >= 4 is 21.7 Å². The van der Waals surface area contributed by atoms with E-state index < -0.39 is 0 Å². The highest BCUT2D eigenvalue weighted by Gasteiger charge is 2.09. The van der Waals surface area contributed by atoms with Crippen molar-refractivity contribution in [1.82, 2.24) is 4.98 Å². The number of halogens is 1. The Labute approximate surface area is 103 Å². The lowest BCUT2D eigenvalue weighted by Crippen LogP contribution is -1.94. The zero-order valence-electron chi connectivity index (χ0n) is 9.17. The molecule has 0 aliphatic heterocycles. The second-order valence-electron chi connectivity index (χ2n) is 3.80. The largest absolute Gasteiger partial charge is 0.352 e. The summed E-state index contributed by atoms with van der Waals surface area (Å²) in [4.78, 5) is 14.5. The van der Waals surface area contributed by atoms with Crippen LogP contribution in [0.25, 0.3) is 11.3 Å². The Hall–Kier alpha value is -1.35. The fourth-order valence-electron chi connectivity index (χ4n) is 1.71. The molecule has 0 atom stereocenters. The number of hydrogen-bond donors (Lipinski definition) is 1. The second kappa shape index (κ2) is 4.26. The van der Waals surface area contributed by atoms with Gasteiger partial charge in [-0.2, -0.15) is 0 Å². The van der Waals surface area contributed by atoms with Crippen LogP contribution in [0.4, 0.5) is 0 Å². The lowest BCUT2D eigenvalue weighted by Gasteiger charge is -1.97. The zero-order chi connectivity index (χ0) is 11.7. The molecular formula is C13H12BrNO. The number of benzene rings is 1. The summed E-state index contributed by atoms with van der Waals surface area (Å²) >= 11 is 3.40. The van der Waals surface area contributed by atoms with Gasteiger partial charge >= 0.3 is 0 Å². The van der Waals surface area contributed by atoms with Crippen molar-refractivity contribution in [3.8, 4) is 11.3 Å². The van der Waals surface area contributed by atoms with Gasteiger partial charge in [-0.3, -0.25) is 4.79 Å². The van der Waals surface area contributed by atoms with E-state index in [0.29, 0.717) is 5.69 Å². The first-order valence-electron chi connectivity index (χ1n) is 5.04. The number of aromatic amines is 1. The SMILES string of the molecule is CC(=O)c1[nH]c(-c2ccc(Br)cc2)cc1C. The summed E-state index contributed by atoms with van der Waals surface area (Å²) in [5.41, 5.74) is 3.75. The number of aryl methyl sites for hydroxylation is 1. The van der Waals surface area contributed by atoms with Crippen LogP contribution in [0.5, 0.6) is 0 Å². The van der Waals surface area contributed by atoms with Crippen LogP contribution in [0.1, 0.15) is 23.0 Å². The van der Waals surface area contributed by atoms with Crippen LogP contribution in [0, 0.1) is 6.92 Å². The Morgan fingerprint density at radius 1 is 1.25 bits per heavy atom. The summed E-state index contributed by atoms with van der Waals surface area (Å²) < 4.78 is 1.05. The van der Waals surface area contributed by atoms with Gasteiger partial charge in [-0.1, -0.05) is 28.1 Å². The molecule has 2 aromatic rings. The van der Waals surface area contributed by atoms with E-state index in [1.54, 1.807) is 6.92 Å². The van der Waals surface area contributed by atoms with Crippen molar-refractivity contribution in [2.45, 2.75) is 13.8 Å². The first kappa shape index (κ1) is 11.1. The monoisotopic (exact) mass is 277 g/mol. The van der Waals surface area contributed by atoms with Gasteiger partial charge in [0.2, 0.25) is 0 Å². The van der Waals surface area contributed by atoms with Crippen LogP contribution in [-0.4, -0.2) is 10.8 Å². The van der Waals surface area contributed by atoms with E-state index in [2.05, 4.69) is 20.9 Å². The van der Waals surface area contributed by atoms with E-state index >= 15 is 0 Å². The van der Waals surface area contributed by atoms with Crippen LogP contribution in [0.3, 0.4) is 0 Å². The number of carbonyl (C=O) groups excluding carboxylic acids is 1. The molecule has 0 amide bonds. The summed E-state index contributed by atoms with van der Waals surface area (Å²) in [6.07, 6.45) is 0. The minimum absolute atomic E-state index is 0.0702. The molecule has 0 aliphatic rings. The van der Waals surface area contributed by atoms with Gasteiger partial charge in [0.1, 0.15) is 0 Å². The molecule has 2 nitrogen and oxygen atoms in total. The lowest BCUT2D eigenvalue weighted by molar-refractivity contribution is 0.101. The molecule has 16 heavy (non-hydrogen) atoms. The molecule has 2 rings (SSSR count). The number of hydrogen-bond acceptors (Lipinski definition) is 1. The van der Waals surface area contributed by atoms with Gasteiger partial charge in [0.25, 0.3) is 0 Å². The summed E-state index contributed by atoms with van der Waals surface area (Å²) in [5, 5.41) is 0. The average molecular weight is 278 g/mol. The predicted octanol–water partition coefficient (Wildman–Crippen LogP) is 3.96. The van der Waals surface area contributed by atoms with Crippen molar-refractivity contribution in [2.24, 2.45) is 0 Å². The normalized spacial score (nSPS) is 10.4. The number of Topliss-reactive ketones (excluding diaryl/α,β-unsaturated/α-hetero) is 1. The molecule has 82 valence electrons. The minimum atomic E-state index is 0.0702. The second-order valence-corrected chi connectivity index (χ2v) is 4.72. The average Bonchev–Trinajstić information content (AvgIpc) is 2.61. The molecule has 1 aromatic heterocycles. The van der Waals surface area contributed by atoms with Crippen LogP contribution in [0.2, 0.25) is 0 Å². The molecule has 0 unspecified atom stereocenters. The minimum Gasteiger partial charge on any atom is -0.352 e. The molecule has 0 aliphatic carbocycles. The number of carbonyl (C=O) groups is 1. The zero-order valence-corrected chi connectivity index (χ0v) is 10.8. The van der Waals surface area contributed by atoms with Gasteiger partial charge in [0, 0.05) is 17.1 Å². The maximum Gasteiger partial charge on any atom is 0.176 e.